The van der Waals surface area contributed by atoms with Crippen molar-refractivity contribution in [2.24, 2.45) is 5.92 Å². The molecule has 2 unspecified atom stereocenters. The van der Waals surface area contributed by atoms with Crippen molar-refractivity contribution >= 4 is 32.4 Å². The summed E-state index contributed by atoms with van der Waals surface area (Å²) in [4.78, 5) is 2.61. The molecule has 1 saturated carbocycles. The molecule has 2 fully saturated rings. The molecule has 2 aromatic carbocycles. The molecule has 3 heteroatoms. The quantitative estimate of drug-likeness (QED) is 0.879. The lowest BCUT2D eigenvalue weighted by molar-refractivity contribution is 0.376. The van der Waals surface area contributed by atoms with Gasteiger partial charge < -0.3 is 10.2 Å². The average Bonchev–Trinajstić information content (AvgIpc) is 3.34. The summed E-state index contributed by atoms with van der Waals surface area (Å²) in [6.07, 6.45) is 2.81. The fourth-order valence-electron chi connectivity index (χ4n) is 3.54. The zero-order valence-corrected chi connectivity index (χ0v) is 13.9. The standard InChI is InChI=1S/C18H21BrN2/c1-12-10-20-17(13-6-7-13)11-21(12)18-9-8-16(19)14-4-2-3-5-15(14)18/h2-5,8-9,12-13,17,20H,6-7,10-11H2,1H3. The van der Waals surface area contributed by atoms with E-state index in [0.29, 0.717) is 12.1 Å². The Kier molecular flexibility index (Phi) is 3.43. The fourth-order valence-corrected chi connectivity index (χ4v) is 4.01. The number of hydrogen-bond donors (Lipinski definition) is 1. The fraction of sp³-hybridized carbons (Fsp3) is 0.444. The van der Waals surface area contributed by atoms with E-state index in [2.05, 4.69) is 69.5 Å². The van der Waals surface area contributed by atoms with Crippen LogP contribution in [-0.2, 0) is 0 Å². The Bertz CT molecular complexity index is 665. The van der Waals surface area contributed by atoms with Crippen molar-refractivity contribution in [2.75, 3.05) is 18.0 Å². The van der Waals surface area contributed by atoms with Crippen molar-refractivity contribution in [3.05, 3.63) is 40.9 Å². The van der Waals surface area contributed by atoms with E-state index in [-0.39, 0.29) is 0 Å². The minimum Gasteiger partial charge on any atom is -0.365 e. The van der Waals surface area contributed by atoms with Gasteiger partial charge >= 0.3 is 0 Å². The zero-order chi connectivity index (χ0) is 14.4. The third kappa shape index (κ3) is 2.47. The Morgan fingerprint density at radius 1 is 1.10 bits per heavy atom. The molecule has 1 aliphatic heterocycles. The van der Waals surface area contributed by atoms with Crippen LogP contribution in [0.5, 0.6) is 0 Å². The third-order valence-corrected chi connectivity index (χ3v) is 5.64. The molecule has 1 saturated heterocycles. The molecule has 0 amide bonds. The normalized spacial score (nSPS) is 26.3. The smallest absolute Gasteiger partial charge is 0.0450 e. The first-order valence-corrected chi connectivity index (χ1v) is 8.70. The molecule has 110 valence electrons. The van der Waals surface area contributed by atoms with Crippen molar-refractivity contribution in [3.8, 4) is 0 Å². The van der Waals surface area contributed by atoms with Gasteiger partial charge in [0, 0.05) is 40.7 Å². The van der Waals surface area contributed by atoms with Crippen molar-refractivity contribution in [1.29, 1.82) is 0 Å². The van der Waals surface area contributed by atoms with Crippen molar-refractivity contribution in [2.45, 2.75) is 31.8 Å². The van der Waals surface area contributed by atoms with E-state index in [1.165, 1.54) is 33.8 Å². The maximum Gasteiger partial charge on any atom is 0.0450 e. The summed E-state index contributed by atoms with van der Waals surface area (Å²) in [6.45, 7) is 4.55. The van der Waals surface area contributed by atoms with Gasteiger partial charge in [0.25, 0.3) is 0 Å². The van der Waals surface area contributed by atoms with Crippen LogP contribution in [0, 0.1) is 5.92 Å². The predicted molar refractivity (Wildman–Crippen MR) is 93.0 cm³/mol. The Morgan fingerprint density at radius 2 is 1.86 bits per heavy atom. The molecule has 2 atom stereocenters. The lowest BCUT2D eigenvalue weighted by Crippen LogP contribution is -2.56. The zero-order valence-electron chi connectivity index (χ0n) is 12.3. The number of fused-ring (bicyclic) bond motifs is 1. The Morgan fingerprint density at radius 3 is 2.62 bits per heavy atom. The van der Waals surface area contributed by atoms with E-state index in [9.17, 15) is 0 Å². The van der Waals surface area contributed by atoms with E-state index in [0.717, 1.165) is 19.0 Å². The van der Waals surface area contributed by atoms with E-state index >= 15 is 0 Å². The first kappa shape index (κ1) is 13.6. The van der Waals surface area contributed by atoms with Crippen LogP contribution in [-0.4, -0.2) is 25.2 Å². The van der Waals surface area contributed by atoms with Gasteiger partial charge in [0.05, 0.1) is 0 Å². The number of piperazine rings is 1. The molecule has 0 aromatic heterocycles. The first-order chi connectivity index (χ1) is 10.2. The highest BCUT2D eigenvalue weighted by Crippen LogP contribution is 2.38. The highest BCUT2D eigenvalue weighted by Gasteiger charge is 2.36. The summed E-state index contributed by atoms with van der Waals surface area (Å²) in [5.41, 5.74) is 1.38. The van der Waals surface area contributed by atoms with Crippen LogP contribution >= 0.6 is 15.9 Å². The number of halogens is 1. The number of anilines is 1. The molecule has 21 heavy (non-hydrogen) atoms. The summed E-state index contributed by atoms with van der Waals surface area (Å²) >= 11 is 3.68. The van der Waals surface area contributed by atoms with Gasteiger partial charge in [0.1, 0.15) is 0 Å². The van der Waals surface area contributed by atoms with Crippen LogP contribution in [0.2, 0.25) is 0 Å². The molecule has 1 aliphatic carbocycles. The van der Waals surface area contributed by atoms with Gasteiger partial charge in [-0.2, -0.15) is 0 Å². The van der Waals surface area contributed by atoms with Crippen LogP contribution < -0.4 is 10.2 Å². The van der Waals surface area contributed by atoms with E-state index in [1.807, 2.05) is 0 Å². The van der Waals surface area contributed by atoms with E-state index in [1.54, 1.807) is 0 Å². The molecule has 0 bridgehead atoms. The molecular weight excluding hydrogens is 324 g/mol. The largest absolute Gasteiger partial charge is 0.365 e. The SMILES string of the molecule is CC1CNC(C2CC2)CN1c1ccc(Br)c2ccccc12. The first-order valence-electron chi connectivity index (χ1n) is 7.91. The summed E-state index contributed by atoms with van der Waals surface area (Å²) in [6, 6.07) is 14.4. The van der Waals surface area contributed by atoms with Crippen LogP contribution in [0.25, 0.3) is 10.8 Å². The van der Waals surface area contributed by atoms with Gasteiger partial charge in [-0.25, -0.2) is 0 Å². The Labute approximate surface area is 134 Å². The van der Waals surface area contributed by atoms with Gasteiger partial charge in [-0.3, -0.25) is 0 Å². The van der Waals surface area contributed by atoms with Gasteiger partial charge in [0.2, 0.25) is 0 Å². The molecule has 2 nitrogen and oxygen atoms in total. The maximum atomic E-state index is 3.74. The number of nitrogens with one attached hydrogen (secondary N) is 1. The lowest BCUT2D eigenvalue weighted by Gasteiger charge is -2.41. The molecule has 0 spiro atoms. The molecule has 1 heterocycles. The van der Waals surface area contributed by atoms with Crippen LogP contribution in [0.3, 0.4) is 0 Å². The molecule has 0 radical (unpaired) electrons. The van der Waals surface area contributed by atoms with Gasteiger partial charge in [-0.15, -0.1) is 0 Å². The highest BCUT2D eigenvalue weighted by atomic mass is 79.9. The number of nitrogens with zero attached hydrogens (tertiary/aromatic N) is 1. The van der Waals surface area contributed by atoms with Crippen molar-refractivity contribution < 1.29 is 0 Å². The highest BCUT2D eigenvalue weighted by molar-refractivity contribution is 9.10. The second kappa shape index (κ2) is 5.29. The summed E-state index contributed by atoms with van der Waals surface area (Å²) in [5.74, 6) is 0.904. The van der Waals surface area contributed by atoms with Gasteiger partial charge in [-0.05, 0) is 43.2 Å². The van der Waals surface area contributed by atoms with Gasteiger partial charge in [0.15, 0.2) is 0 Å². The number of benzene rings is 2. The molecule has 2 aliphatic rings. The number of rotatable bonds is 2. The van der Waals surface area contributed by atoms with Crippen LogP contribution in [0.1, 0.15) is 19.8 Å². The minimum atomic E-state index is 0.546. The third-order valence-electron chi connectivity index (χ3n) is 4.95. The molecule has 2 aromatic rings. The molecule has 4 rings (SSSR count). The monoisotopic (exact) mass is 344 g/mol. The average molecular weight is 345 g/mol. The Hall–Kier alpha value is -1.06. The van der Waals surface area contributed by atoms with E-state index < -0.39 is 0 Å². The minimum absolute atomic E-state index is 0.546. The molecular formula is C18H21BrN2. The summed E-state index contributed by atoms with van der Waals surface area (Å²) in [5, 5.41) is 6.40. The summed E-state index contributed by atoms with van der Waals surface area (Å²) < 4.78 is 1.18. The van der Waals surface area contributed by atoms with Crippen LogP contribution in [0.4, 0.5) is 5.69 Å². The topological polar surface area (TPSA) is 15.3 Å². The van der Waals surface area contributed by atoms with Crippen molar-refractivity contribution in [3.63, 3.8) is 0 Å². The van der Waals surface area contributed by atoms with Crippen molar-refractivity contribution in [1.82, 2.24) is 5.32 Å². The van der Waals surface area contributed by atoms with E-state index in [4.69, 9.17) is 0 Å². The lowest BCUT2D eigenvalue weighted by atomic mass is 10.0. The Balaban J connectivity index is 1.75. The second-order valence-electron chi connectivity index (χ2n) is 6.47. The van der Waals surface area contributed by atoms with Gasteiger partial charge in [-0.1, -0.05) is 40.2 Å². The number of hydrogen-bond acceptors (Lipinski definition) is 2. The molecule has 1 N–H and O–H groups in total. The second-order valence-corrected chi connectivity index (χ2v) is 7.32. The summed E-state index contributed by atoms with van der Waals surface area (Å²) in [7, 11) is 0. The maximum absolute atomic E-state index is 3.74. The predicted octanol–water partition coefficient (Wildman–Crippen LogP) is 4.18. The van der Waals surface area contributed by atoms with Crippen LogP contribution in [0.15, 0.2) is 40.9 Å².